The Morgan fingerprint density at radius 3 is 2.46 bits per heavy atom. The SMILES string of the molecule is O=C1c2ccccc2NC2(C(=O)Nc3ccc(F)cc32)N1c1ccc(Br)cc1. The van der Waals surface area contributed by atoms with Gasteiger partial charge >= 0.3 is 0 Å². The first-order valence-corrected chi connectivity index (χ1v) is 9.39. The highest BCUT2D eigenvalue weighted by Crippen LogP contribution is 2.47. The minimum atomic E-state index is -1.59. The van der Waals surface area contributed by atoms with Crippen molar-refractivity contribution in [1.29, 1.82) is 0 Å². The van der Waals surface area contributed by atoms with Gasteiger partial charge in [0.2, 0.25) is 5.66 Å². The molecule has 28 heavy (non-hydrogen) atoms. The minimum Gasteiger partial charge on any atom is -0.350 e. The third-order valence-corrected chi connectivity index (χ3v) is 5.57. The molecule has 0 aliphatic carbocycles. The van der Waals surface area contributed by atoms with Crippen LogP contribution in [-0.2, 0) is 10.5 Å². The van der Waals surface area contributed by atoms with Crippen LogP contribution in [0.4, 0.5) is 21.5 Å². The van der Waals surface area contributed by atoms with E-state index in [4.69, 9.17) is 0 Å². The topological polar surface area (TPSA) is 61.4 Å². The van der Waals surface area contributed by atoms with Gasteiger partial charge in [0, 0.05) is 27.1 Å². The highest BCUT2D eigenvalue weighted by atomic mass is 79.9. The van der Waals surface area contributed by atoms with Gasteiger partial charge in [-0.3, -0.25) is 14.5 Å². The predicted molar refractivity (Wildman–Crippen MR) is 108 cm³/mol. The lowest BCUT2D eigenvalue weighted by atomic mass is 9.92. The number of rotatable bonds is 1. The number of hydrogen-bond donors (Lipinski definition) is 2. The van der Waals surface area contributed by atoms with Crippen molar-refractivity contribution in [3.8, 4) is 0 Å². The van der Waals surface area contributed by atoms with Gasteiger partial charge in [-0.15, -0.1) is 0 Å². The monoisotopic (exact) mass is 437 g/mol. The van der Waals surface area contributed by atoms with Crippen molar-refractivity contribution >= 4 is 44.8 Å². The molecule has 5 nitrogen and oxygen atoms in total. The van der Waals surface area contributed by atoms with Crippen molar-refractivity contribution < 1.29 is 14.0 Å². The fourth-order valence-electron chi connectivity index (χ4n) is 3.81. The molecule has 0 saturated carbocycles. The number of amides is 2. The Hall–Kier alpha value is -3.19. The van der Waals surface area contributed by atoms with E-state index in [-0.39, 0.29) is 5.91 Å². The number of benzene rings is 3. The minimum absolute atomic E-state index is 0.344. The van der Waals surface area contributed by atoms with Crippen molar-refractivity contribution in [3.05, 3.63) is 88.1 Å². The third kappa shape index (κ3) is 2.23. The van der Waals surface area contributed by atoms with Crippen LogP contribution in [0.2, 0.25) is 0 Å². The number of carbonyl (C=O) groups excluding carboxylic acids is 2. The van der Waals surface area contributed by atoms with E-state index in [1.54, 1.807) is 48.5 Å². The molecule has 7 heteroatoms. The van der Waals surface area contributed by atoms with Crippen LogP contribution in [0.1, 0.15) is 15.9 Å². The van der Waals surface area contributed by atoms with Crippen LogP contribution in [0.5, 0.6) is 0 Å². The van der Waals surface area contributed by atoms with Crippen LogP contribution in [0.25, 0.3) is 0 Å². The summed E-state index contributed by atoms with van der Waals surface area (Å²) in [5.74, 6) is -1.28. The number of fused-ring (bicyclic) bond motifs is 3. The molecule has 2 aliphatic rings. The quantitative estimate of drug-likeness (QED) is 0.590. The average molecular weight is 438 g/mol. The summed E-state index contributed by atoms with van der Waals surface area (Å²) in [4.78, 5) is 28.1. The summed E-state index contributed by atoms with van der Waals surface area (Å²) >= 11 is 3.38. The normalized spacial score (nSPS) is 19.9. The molecular formula is C21H13BrFN3O2. The molecule has 1 spiro atoms. The van der Waals surface area contributed by atoms with Crippen LogP contribution >= 0.6 is 15.9 Å². The van der Waals surface area contributed by atoms with E-state index < -0.39 is 17.4 Å². The molecular weight excluding hydrogens is 425 g/mol. The molecule has 1 unspecified atom stereocenters. The number of nitrogens with zero attached hydrogens (tertiary/aromatic N) is 1. The van der Waals surface area contributed by atoms with Crippen LogP contribution in [0, 0.1) is 5.82 Å². The Kier molecular flexibility index (Phi) is 3.57. The Morgan fingerprint density at radius 1 is 0.929 bits per heavy atom. The van der Waals surface area contributed by atoms with Crippen LogP contribution < -0.4 is 15.5 Å². The number of carbonyl (C=O) groups is 2. The maximum Gasteiger partial charge on any atom is 0.276 e. The zero-order chi connectivity index (χ0) is 19.5. The van der Waals surface area contributed by atoms with Gasteiger partial charge in [0.15, 0.2) is 0 Å². The molecule has 3 aromatic rings. The predicted octanol–water partition coefficient (Wildman–Crippen LogP) is 4.47. The lowest BCUT2D eigenvalue weighted by Crippen LogP contribution is -2.61. The van der Waals surface area contributed by atoms with E-state index in [1.165, 1.54) is 23.1 Å². The highest BCUT2D eigenvalue weighted by Gasteiger charge is 2.57. The van der Waals surface area contributed by atoms with Crippen molar-refractivity contribution in [3.63, 3.8) is 0 Å². The fraction of sp³-hybridized carbons (Fsp3) is 0.0476. The molecule has 2 N–H and O–H groups in total. The molecule has 2 aliphatic heterocycles. The van der Waals surface area contributed by atoms with E-state index >= 15 is 0 Å². The van der Waals surface area contributed by atoms with E-state index in [1.807, 2.05) is 0 Å². The van der Waals surface area contributed by atoms with Gasteiger partial charge < -0.3 is 10.6 Å². The highest BCUT2D eigenvalue weighted by molar-refractivity contribution is 9.10. The summed E-state index contributed by atoms with van der Waals surface area (Å²) in [5, 5.41) is 5.99. The Balaban J connectivity index is 1.82. The van der Waals surface area contributed by atoms with Crippen molar-refractivity contribution in [2.75, 3.05) is 15.5 Å². The zero-order valence-corrected chi connectivity index (χ0v) is 16.0. The summed E-state index contributed by atoms with van der Waals surface area (Å²) in [5.41, 5.74) is 0.720. The average Bonchev–Trinajstić information content (AvgIpc) is 2.95. The summed E-state index contributed by atoms with van der Waals surface area (Å²) in [6, 6.07) is 18.1. The molecule has 3 aromatic carbocycles. The maximum atomic E-state index is 14.1. The van der Waals surface area contributed by atoms with Gasteiger partial charge in [-0.1, -0.05) is 28.1 Å². The molecule has 0 bridgehead atoms. The number of nitrogens with one attached hydrogen (secondary N) is 2. The molecule has 0 saturated heterocycles. The second-order valence-electron chi connectivity index (χ2n) is 6.64. The molecule has 0 radical (unpaired) electrons. The van der Waals surface area contributed by atoms with E-state index in [9.17, 15) is 14.0 Å². The lowest BCUT2D eigenvalue weighted by Gasteiger charge is -2.44. The lowest BCUT2D eigenvalue weighted by molar-refractivity contribution is -0.119. The number of halogens is 2. The van der Waals surface area contributed by atoms with Gasteiger partial charge in [0.25, 0.3) is 11.8 Å². The van der Waals surface area contributed by atoms with Gasteiger partial charge in [-0.2, -0.15) is 0 Å². The van der Waals surface area contributed by atoms with Crippen LogP contribution in [0.3, 0.4) is 0 Å². The Morgan fingerprint density at radius 2 is 1.68 bits per heavy atom. The van der Waals surface area contributed by atoms with Gasteiger partial charge in [0.05, 0.1) is 5.56 Å². The van der Waals surface area contributed by atoms with Crippen molar-refractivity contribution in [2.24, 2.45) is 0 Å². The summed E-state index contributed by atoms with van der Waals surface area (Å²) < 4.78 is 15.0. The van der Waals surface area contributed by atoms with Crippen molar-refractivity contribution in [2.45, 2.75) is 5.66 Å². The number of hydrogen-bond acceptors (Lipinski definition) is 3. The van der Waals surface area contributed by atoms with Crippen LogP contribution in [0.15, 0.2) is 71.2 Å². The maximum absolute atomic E-state index is 14.1. The third-order valence-electron chi connectivity index (χ3n) is 5.04. The molecule has 2 amide bonds. The zero-order valence-electron chi connectivity index (χ0n) is 14.4. The standard InChI is InChI=1S/C21H13BrFN3O2/c22-12-5-8-14(9-6-12)26-19(27)15-3-1-2-4-17(15)25-21(26)16-11-13(23)7-10-18(16)24-20(21)28/h1-11,25H,(H,24,28). The van der Waals surface area contributed by atoms with Gasteiger partial charge in [-0.05, 0) is 54.6 Å². The molecule has 1 atom stereocenters. The van der Waals surface area contributed by atoms with E-state index in [0.717, 1.165) is 4.47 Å². The van der Waals surface area contributed by atoms with E-state index in [2.05, 4.69) is 26.6 Å². The molecule has 0 aromatic heterocycles. The molecule has 138 valence electrons. The molecule has 2 heterocycles. The summed E-state index contributed by atoms with van der Waals surface area (Å²) in [6.45, 7) is 0. The van der Waals surface area contributed by atoms with Crippen LogP contribution in [-0.4, -0.2) is 11.8 Å². The molecule has 0 fully saturated rings. The first-order chi connectivity index (χ1) is 13.5. The smallest absolute Gasteiger partial charge is 0.276 e. The Labute approximate surface area is 168 Å². The first-order valence-electron chi connectivity index (χ1n) is 8.59. The first kappa shape index (κ1) is 16.9. The fourth-order valence-corrected chi connectivity index (χ4v) is 4.07. The van der Waals surface area contributed by atoms with Gasteiger partial charge in [-0.25, -0.2) is 4.39 Å². The number of anilines is 3. The number of para-hydroxylation sites is 1. The summed E-state index contributed by atoms with van der Waals surface area (Å²) in [7, 11) is 0. The van der Waals surface area contributed by atoms with Crippen molar-refractivity contribution in [1.82, 2.24) is 0 Å². The Bertz CT molecular complexity index is 1150. The largest absolute Gasteiger partial charge is 0.350 e. The second-order valence-corrected chi connectivity index (χ2v) is 7.56. The van der Waals surface area contributed by atoms with E-state index in [0.29, 0.717) is 28.2 Å². The van der Waals surface area contributed by atoms with Gasteiger partial charge in [0.1, 0.15) is 5.82 Å². The summed E-state index contributed by atoms with van der Waals surface area (Å²) in [6.07, 6.45) is 0. The molecule has 5 rings (SSSR count). The second kappa shape index (κ2) is 5.90.